The first kappa shape index (κ1) is 25.2. The fourth-order valence-electron chi connectivity index (χ4n) is 5.56. The Morgan fingerprint density at radius 1 is 1.25 bits per heavy atom. The first-order valence-corrected chi connectivity index (χ1v) is 13.7. The molecule has 1 aromatic carbocycles. The van der Waals surface area contributed by atoms with Gasteiger partial charge >= 0.3 is 0 Å². The second-order valence-electron chi connectivity index (χ2n) is 10.1. The Hall–Kier alpha value is -2.42. The van der Waals surface area contributed by atoms with Crippen molar-refractivity contribution in [2.24, 2.45) is 13.0 Å². The molecule has 0 bridgehead atoms. The number of hydrogen-bond donors (Lipinski definition) is 1. The van der Waals surface area contributed by atoms with Gasteiger partial charge in [-0.15, -0.1) is 0 Å². The van der Waals surface area contributed by atoms with Gasteiger partial charge < -0.3 is 24.1 Å². The largest absolute Gasteiger partial charge is 0.385 e. The molecule has 3 heterocycles. The molecule has 2 aliphatic rings. The average molecular weight is 556 g/mol. The highest BCUT2D eigenvalue weighted by Gasteiger charge is 2.40. The van der Waals surface area contributed by atoms with E-state index in [4.69, 9.17) is 4.74 Å². The van der Waals surface area contributed by atoms with Gasteiger partial charge in [0.1, 0.15) is 0 Å². The van der Waals surface area contributed by atoms with E-state index < -0.39 is 0 Å². The lowest BCUT2D eigenvalue weighted by Gasteiger charge is -2.35. The van der Waals surface area contributed by atoms with Gasteiger partial charge in [-0.3, -0.25) is 9.59 Å². The van der Waals surface area contributed by atoms with Crippen LogP contribution in [0.5, 0.6) is 0 Å². The lowest BCUT2D eigenvalue weighted by Crippen LogP contribution is -2.47. The predicted molar refractivity (Wildman–Crippen MR) is 145 cm³/mol. The van der Waals surface area contributed by atoms with Crippen molar-refractivity contribution in [2.75, 3.05) is 26.8 Å². The molecule has 2 atom stereocenters. The van der Waals surface area contributed by atoms with Crippen LogP contribution in [-0.2, 0) is 29.7 Å². The monoisotopic (exact) mass is 554 g/mol. The van der Waals surface area contributed by atoms with Crippen molar-refractivity contribution in [2.45, 2.75) is 50.7 Å². The minimum atomic E-state index is -0.176. The number of pyridine rings is 1. The molecule has 36 heavy (non-hydrogen) atoms. The summed E-state index contributed by atoms with van der Waals surface area (Å²) in [5, 5.41) is 4.62. The molecule has 192 valence electrons. The summed E-state index contributed by atoms with van der Waals surface area (Å²) in [7, 11) is 3.49. The Morgan fingerprint density at radius 3 is 2.83 bits per heavy atom. The number of carbonyl (C=O) groups excluding carboxylic acids is 1. The van der Waals surface area contributed by atoms with Gasteiger partial charge in [0.2, 0.25) is 5.91 Å². The van der Waals surface area contributed by atoms with Crippen LogP contribution in [0.15, 0.2) is 52.0 Å². The first-order chi connectivity index (χ1) is 17.5. The zero-order valence-corrected chi connectivity index (χ0v) is 22.7. The van der Waals surface area contributed by atoms with E-state index in [1.54, 1.807) is 24.8 Å². The van der Waals surface area contributed by atoms with Crippen LogP contribution >= 0.6 is 15.9 Å². The topological polar surface area (TPSA) is 68.5 Å². The van der Waals surface area contributed by atoms with Gasteiger partial charge in [0.05, 0.1) is 5.92 Å². The first-order valence-electron chi connectivity index (χ1n) is 12.9. The summed E-state index contributed by atoms with van der Waals surface area (Å²) in [6.07, 6.45) is 7.92. The Balaban J connectivity index is 1.44. The number of piperidine rings is 1. The normalized spacial score (nSPS) is 20.1. The molecule has 5 rings (SSSR count). The highest BCUT2D eigenvalue weighted by atomic mass is 79.9. The number of aromatic nitrogens is 2. The molecule has 3 aromatic rings. The van der Waals surface area contributed by atoms with Crippen LogP contribution in [0.3, 0.4) is 0 Å². The van der Waals surface area contributed by atoms with Crippen LogP contribution in [0.2, 0.25) is 0 Å². The Bertz CT molecular complexity index is 1300. The summed E-state index contributed by atoms with van der Waals surface area (Å²) in [5.74, 6) is 0.0729. The summed E-state index contributed by atoms with van der Waals surface area (Å²) in [6, 6.07) is 10.3. The minimum absolute atomic E-state index is 0.0255. The summed E-state index contributed by atoms with van der Waals surface area (Å²) in [5.41, 5.74) is 3.30. The van der Waals surface area contributed by atoms with Gasteiger partial charge in [-0.2, -0.15) is 0 Å². The smallest absolute Gasteiger partial charge is 0.250 e. The molecule has 2 fully saturated rings. The maximum absolute atomic E-state index is 14.1. The standard InChI is InChI=1S/C28H35BrN4O3/c1-31-13-10-19(15-26(31)34)22-9-11-30-16-23(22)28(35)33(21-7-8-21)18-20-17-32(12-4-14-36-2)25-6-3-5-24(29)27(20)25/h3,5-6,10,13,15,17,21-23,30H,4,7-9,11-12,14,16,18H2,1-2H3/t22?,23-/m0/s1. The number of amides is 1. The zero-order chi connectivity index (χ0) is 25.2. The molecule has 1 amide bonds. The number of nitrogens with zero attached hydrogens (tertiary/aromatic N) is 3. The van der Waals surface area contributed by atoms with E-state index in [0.717, 1.165) is 48.8 Å². The van der Waals surface area contributed by atoms with E-state index in [0.29, 0.717) is 19.7 Å². The van der Waals surface area contributed by atoms with E-state index in [-0.39, 0.29) is 29.3 Å². The highest BCUT2D eigenvalue weighted by molar-refractivity contribution is 9.10. The summed E-state index contributed by atoms with van der Waals surface area (Å²) >= 11 is 3.77. The number of halogens is 1. The molecule has 0 spiro atoms. The number of carbonyl (C=O) groups is 1. The minimum Gasteiger partial charge on any atom is -0.385 e. The Kier molecular flexibility index (Phi) is 7.65. The van der Waals surface area contributed by atoms with Gasteiger partial charge in [0, 0.05) is 80.3 Å². The van der Waals surface area contributed by atoms with E-state index in [1.807, 2.05) is 12.3 Å². The molecule has 2 aromatic heterocycles. The number of rotatable bonds is 9. The van der Waals surface area contributed by atoms with Crippen LogP contribution in [0.25, 0.3) is 10.9 Å². The fraction of sp³-hybridized carbons (Fsp3) is 0.500. The van der Waals surface area contributed by atoms with Crippen molar-refractivity contribution >= 4 is 32.7 Å². The molecule has 7 nitrogen and oxygen atoms in total. The number of nitrogens with one attached hydrogen (secondary N) is 1. The van der Waals surface area contributed by atoms with Gasteiger partial charge in [-0.1, -0.05) is 22.0 Å². The molecular formula is C28H35BrN4O3. The molecule has 1 unspecified atom stereocenters. The highest BCUT2D eigenvalue weighted by Crippen LogP contribution is 2.37. The average Bonchev–Trinajstić information content (AvgIpc) is 3.66. The number of methoxy groups -OCH3 is 1. The molecule has 1 aliphatic carbocycles. The third-order valence-electron chi connectivity index (χ3n) is 7.65. The molecule has 1 saturated carbocycles. The van der Waals surface area contributed by atoms with Crippen molar-refractivity contribution in [3.8, 4) is 0 Å². The number of benzene rings is 1. The maximum Gasteiger partial charge on any atom is 0.250 e. The molecular weight excluding hydrogens is 520 g/mol. The second kappa shape index (κ2) is 10.9. The van der Waals surface area contributed by atoms with Crippen molar-refractivity contribution < 1.29 is 9.53 Å². The number of fused-ring (bicyclic) bond motifs is 1. The van der Waals surface area contributed by atoms with Crippen LogP contribution in [-0.4, -0.2) is 52.8 Å². The molecule has 1 N–H and O–H groups in total. The van der Waals surface area contributed by atoms with E-state index >= 15 is 0 Å². The SMILES string of the molecule is COCCCn1cc(CN(C(=O)[C@H]2CNCCC2c2ccn(C)c(=O)c2)C2CC2)c2c(Br)cccc21. The van der Waals surface area contributed by atoms with Crippen LogP contribution in [0.1, 0.15) is 42.7 Å². The molecule has 8 heteroatoms. The van der Waals surface area contributed by atoms with E-state index in [2.05, 4.69) is 55.1 Å². The fourth-order valence-corrected chi connectivity index (χ4v) is 6.17. The third kappa shape index (κ3) is 5.17. The van der Waals surface area contributed by atoms with Gasteiger partial charge in [0.25, 0.3) is 5.56 Å². The van der Waals surface area contributed by atoms with Crippen LogP contribution in [0.4, 0.5) is 0 Å². The third-order valence-corrected chi connectivity index (χ3v) is 8.31. The predicted octanol–water partition coefficient (Wildman–Crippen LogP) is 4.02. The van der Waals surface area contributed by atoms with Crippen molar-refractivity contribution in [1.82, 2.24) is 19.4 Å². The van der Waals surface area contributed by atoms with Gasteiger partial charge in [-0.05, 0) is 67.5 Å². The second-order valence-corrected chi connectivity index (χ2v) is 11.0. The summed E-state index contributed by atoms with van der Waals surface area (Å²) < 4.78 is 10.2. The summed E-state index contributed by atoms with van der Waals surface area (Å²) in [6.45, 7) is 3.68. The molecule has 1 aliphatic heterocycles. The van der Waals surface area contributed by atoms with Crippen molar-refractivity contribution in [1.29, 1.82) is 0 Å². The number of ether oxygens (including phenoxy) is 1. The van der Waals surface area contributed by atoms with Gasteiger partial charge in [-0.25, -0.2) is 0 Å². The van der Waals surface area contributed by atoms with Crippen LogP contribution in [0, 0.1) is 5.92 Å². The zero-order valence-electron chi connectivity index (χ0n) is 21.1. The van der Waals surface area contributed by atoms with E-state index in [1.165, 1.54) is 16.5 Å². The molecule has 0 radical (unpaired) electrons. The van der Waals surface area contributed by atoms with Crippen molar-refractivity contribution in [3.05, 3.63) is 68.7 Å². The maximum atomic E-state index is 14.1. The van der Waals surface area contributed by atoms with Gasteiger partial charge in [0.15, 0.2) is 0 Å². The quantitative estimate of drug-likeness (QED) is 0.405. The summed E-state index contributed by atoms with van der Waals surface area (Å²) in [4.78, 5) is 28.6. The Labute approximate surface area is 220 Å². The molecule has 1 saturated heterocycles. The lowest BCUT2D eigenvalue weighted by atomic mass is 9.80. The lowest BCUT2D eigenvalue weighted by molar-refractivity contribution is -0.138. The number of hydrogen-bond acceptors (Lipinski definition) is 4. The van der Waals surface area contributed by atoms with Crippen molar-refractivity contribution in [3.63, 3.8) is 0 Å². The van der Waals surface area contributed by atoms with E-state index in [9.17, 15) is 9.59 Å². The Morgan fingerprint density at radius 2 is 2.08 bits per heavy atom. The van der Waals surface area contributed by atoms with Crippen LogP contribution < -0.4 is 10.9 Å². The number of aryl methyl sites for hydroxylation is 2.